The number of aromatic nitrogens is 1. The summed E-state index contributed by atoms with van der Waals surface area (Å²) in [6, 6.07) is 6.89. The number of benzene rings is 1. The molecule has 0 spiro atoms. The molecule has 18 heavy (non-hydrogen) atoms. The predicted octanol–water partition coefficient (Wildman–Crippen LogP) is 1.95. The molecule has 0 fully saturated rings. The fraction of sp³-hybridized carbons (Fsp3) is 0.308. The van der Waals surface area contributed by atoms with Gasteiger partial charge in [-0.3, -0.25) is 4.90 Å². The Bertz CT molecular complexity index is 567. The lowest BCUT2D eigenvalue weighted by Gasteiger charge is -2.24. The predicted molar refractivity (Wildman–Crippen MR) is 65.1 cm³/mol. The summed E-state index contributed by atoms with van der Waals surface area (Å²) in [6.45, 7) is 2.27. The van der Waals surface area contributed by atoms with E-state index in [2.05, 4.69) is 9.88 Å². The van der Waals surface area contributed by atoms with Gasteiger partial charge in [0, 0.05) is 19.5 Å². The summed E-state index contributed by atoms with van der Waals surface area (Å²) in [5.41, 5.74) is 7.44. The van der Waals surface area contributed by atoms with Gasteiger partial charge in [-0.15, -0.1) is 0 Å². The van der Waals surface area contributed by atoms with Crippen molar-refractivity contribution in [3.8, 4) is 0 Å². The quantitative estimate of drug-likeness (QED) is 0.881. The van der Waals surface area contributed by atoms with Crippen LogP contribution in [0.15, 0.2) is 28.7 Å². The normalized spacial score (nSPS) is 15.6. The molecule has 1 aromatic carbocycles. The van der Waals surface area contributed by atoms with E-state index in [4.69, 9.17) is 10.2 Å². The van der Waals surface area contributed by atoms with E-state index in [0.717, 1.165) is 30.0 Å². The maximum absolute atomic E-state index is 13.1. The molecule has 2 N–H and O–H groups in total. The first-order valence-electron chi connectivity index (χ1n) is 5.91. The topological polar surface area (TPSA) is 55.3 Å². The molecule has 94 valence electrons. The van der Waals surface area contributed by atoms with E-state index in [1.807, 2.05) is 6.07 Å². The van der Waals surface area contributed by atoms with E-state index in [1.54, 1.807) is 12.1 Å². The molecule has 0 atom stereocenters. The standard InChI is InChI=1S/C13H14FN3O/c14-10-3-1-2-9(6-10)7-17-5-4-11-12(8-17)18-13(15)16-11/h1-3,6H,4-5,7-8H2,(H2,15,16). The molecule has 0 radical (unpaired) electrons. The summed E-state index contributed by atoms with van der Waals surface area (Å²) in [4.78, 5) is 6.33. The molecule has 0 amide bonds. The van der Waals surface area contributed by atoms with Crippen LogP contribution in [0.1, 0.15) is 17.0 Å². The number of nitrogens with zero attached hydrogens (tertiary/aromatic N) is 2. The number of fused-ring (bicyclic) bond motifs is 1. The lowest BCUT2D eigenvalue weighted by Crippen LogP contribution is -2.29. The second-order valence-corrected chi connectivity index (χ2v) is 4.51. The van der Waals surface area contributed by atoms with Crippen LogP contribution >= 0.6 is 0 Å². The van der Waals surface area contributed by atoms with Gasteiger partial charge in [0.1, 0.15) is 11.6 Å². The minimum Gasteiger partial charge on any atom is -0.427 e. The molecule has 0 aliphatic carbocycles. The lowest BCUT2D eigenvalue weighted by molar-refractivity contribution is 0.221. The zero-order valence-corrected chi connectivity index (χ0v) is 9.90. The van der Waals surface area contributed by atoms with Gasteiger partial charge in [0.05, 0.1) is 12.2 Å². The molecule has 3 rings (SSSR count). The van der Waals surface area contributed by atoms with Crippen LogP contribution in [0.3, 0.4) is 0 Å². The summed E-state index contributed by atoms with van der Waals surface area (Å²) in [7, 11) is 0. The van der Waals surface area contributed by atoms with Gasteiger partial charge in [-0.1, -0.05) is 12.1 Å². The molecule has 1 aliphatic rings. The molecule has 1 aliphatic heterocycles. The molecule has 2 heterocycles. The Hall–Kier alpha value is -1.88. The van der Waals surface area contributed by atoms with Gasteiger partial charge in [-0.05, 0) is 17.7 Å². The Balaban J connectivity index is 1.73. The van der Waals surface area contributed by atoms with Crippen LogP contribution in [0, 0.1) is 5.82 Å². The Morgan fingerprint density at radius 3 is 3.17 bits per heavy atom. The summed E-state index contributed by atoms with van der Waals surface area (Å²) < 4.78 is 18.4. The van der Waals surface area contributed by atoms with Gasteiger partial charge in [-0.25, -0.2) is 4.39 Å². The molecule has 5 heteroatoms. The first-order chi connectivity index (χ1) is 8.70. The third-order valence-electron chi connectivity index (χ3n) is 3.12. The van der Waals surface area contributed by atoms with Crippen molar-refractivity contribution >= 4 is 6.01 Å². The van der Waals surface area contributed by atoms with Crippen LogP contribution in [-0.4, -0.2) is 16.4 Å². The van der Waals surface area contributed by atoms with Gasteiger partial charge in [0.2, 0.25) is 0 Å². The van der Waals surface area contributed by atoms with Crippen LogP contribution < -0.4 is 5.73 Å². The molecule has 0 bridgehead atoms. The first kappa shape index (κ1) is 11.2. The number of rotatable bonds is 2. The lowest BCUT2D eigenvalue weighted by atomic mass is 10.1. The summed E-state index contributed by atoms with van der Waals surface area (Å²) in [5, 5.41) is 0. The Morgan fingerprint density at radius 1 is 1.44 bits per heavy atom. The highest BCUT2D eigenvalue weighted by atomic mass is 19.1. The SMILES string of the molecule is Nc1nc2c(o1)CN(Cc1cccc(F)c1)CC2. The van der Waals surface area contributed by atoms with E-state index in [9.17, 15) is 4.39 Å². The smallest absolute Gasteiger partial charge is 0.292 e. The van der Waals surface area contributed by atoms with Gasteiger partial charge in [0.25, 0.3) is 6.01 Å². The van der Waals surface area contributed by atoms with E-state index in [0.29, 0.717) is 13.1 Å². The fourth-order valence-corrected chi connectivity index (χ4v) is 2.30. The number of oxazole rings is 1. The zero-order valence-electron chi connectivity index (χ0n) is 9.90. The van der Waals surface area contributed by atoms with Crippen LogP contribution in [0.5, 0.6) is 0 Å². The van der Waals surface area contributed by atoms with E-state index < -0.39 is 0 Å². The van der Waals surface area contributed by atoms with Crippen molar-refractivity contribution in [3.05, 3.63) is 47.1 Å². The minimum atomic E-state index is -0.200. The van der Waals surface area contributed by atoms with Crippen molar-refractivity contribution in [3.63, 3.8) is 0 Å². The molecule has 2 aromatic rings. The van der Waals surface area contributed by atoms with Crippen molar-refractivity contribution in [2.75, 3.05) is 12.3 Å². The molecule has 4 nitrogen and oxygen atoms in total. The van der Waals surface area contributed by atoms with Crippen LogP contribution in [0.2, 0.25) is 0 Å². The minimum absolute atomic E-state index is 0.200. The average Bonchev–Trinajstić information content (AvgIpc) is 2.68. The van der Waals surface area contributed by atoms with Crippen molar-refractivity contribution in [1.82, 2.24) is 9.88 Å². The highest BCUT2D eigenvalue weighted by Crippen LogP contribution is 2.22. The van der Waals surface area contributed by atoms with Crippen molar-refractivity contribution in [2.24, 2.45) is 0 Å². The molecule has 1 aromatic heterocycles. The molecular formula is C13H14FN3O. The molecule has 0 saturated heterocycles. The van der Waals surface area contributed by atoms with Gasteiger partial charge >= 0.3 is 0 Å². The monoisotopic (exact) mass is 247 g/mol. The van der Waals surface area contributed by atoms with E-state index >= 15 is 0 Å². The number of halogens is 1. The average molecular weight is 247 g/mol. The van der Waals surface area contributed by atoms with Crippen molar-refractivity contribution in [1.29, 1.82) is 0 Å². The second kappa shape index (κ2) is 4.42. The maximum atomic E-state index is 13.1. The largest absolute Gasteiger partial charge is 0.427 e. The van der Waals surface area contributed by atoms with Crippen molar-refractivity contribution in [2.45, 2.75) is 19.5 Å². The van der Waals surface area contributed by atoms with Gasteiger partial charge in [-0.2, -0.15) is 4.98 Å². The summed E-state index contributed by atoms with van der Waals surface area (Å²) in [5.74, 6) is 0.629. The third kappa shape index (κ3) is 2.22. The Labute approximate surface area is 104 Å². The Morgan fingerprint density at radius 2 is 2.33 bits per heavy atom. The number of nitrogens with two attached hydrogens (primary N) is 1. The molecular weight excluding hydrogens is 233 g/mol. The van der Waals surface area contributed by atoms with E-state index in [-0.39, 0.29) is 11.8 Å². The Kier molecular flexibility index (Phi) is 2.76. The molecule has 0 saturated carbocycles. The molecule has 0 unspecified atom stereocenters. The van der Waals surface area contributed by atoms with Crippen LogP contribution in [-0.2, 0) is 19.5 Å². The highest BCUT2D eigenvalue weighted by Gasteiger charge is 2.21. The number of hydrogen-bond donors (Lipinski definition) is 1. The van der Waals surface area contributed by atoms with Gasteiger partial charge < -0.3 is 10.2 Å². The van der Waals surface area contributed by atoms with Crippen LogP contribution in [0.4, 0.5) is 10.4 Å². The van der Waals surface area contributed by atoms with Crippen LogP contribution in [0.25, 0.3) is 0 Å². The first-order valence-corrected chi connectivity index (χ1v) is 5.91. The number of hydrogen-bond acceptors (Lipinski definition) is 4. The maximum Gasteiger partial charge on any atom is 0.292 e. The second-order valence-electron chi connectivity index (χ2n) is 4.51. The summed E-state index contributed by atoms with van der Waals surface area (Å²) >= 11 is 0. The number of nitrogen functional groups attached to an aromatic ring is 1. The van der Waals surface area contributed by atoms with Gasteiger partial charge in [0.15, 0.2) is 0 Å². The summed E-state index contributed by atoms with van der Waals surface area (Å²) in [6.07, 6.45) is 0.825. The highest BCUT2D eigenvalue weighted by molar-refractivity contribution is 5.23. The zero-order chi connectivity index (χ0) is 12.5. The third-order valence-corrected chi connectivity index (χ3v) is 3.12. The number of anilines is 1. The van der Waals surface area contributed by atoms with E-state index in [1.165, 1.54) is 6.07 Å². The fourth-order valence-electron chi connectivity index (χ4n) is 2.30. The van der Waals surface area contributed by atoms with Crippen molar-refractivity contribution < 1.29 is 8.81 Å².